The quantitative estimate of drug-likeness (QED) is 0.309. The van der Waals surface area contributed by atoms with E-state index in [2.05, 4.69) is 34.7 Å². The molecule has 3 fully saturated rings. The second kappa shape index (κ2) is 9.37. The number of hydrogen-bond donors (Lipinski definition) is 2. The molecule has 196 valence electrons. The molecule has 1 aromatic carbocycles. The van der Waals surface area contributed by atoms with E-state index in [1.165, 1.54) is 5.56 Å². The fourth-order valence-electron chi connectivity index (χ4n) is 5.44. The second-order valence-corrected chi connectivity index (χ2v) is 11.9. The van der Waals surface area contributed by atoms with Gasteiger partial charge in [0.05, 0.1) is 12.0 Å². The summed E-state index contributed by atoms with van der Waals surface area (Å²) in [5, 5.41) is 23.7. The first-order valence-corrected chi connectivity index (χ1v) is 14.0. The van der Waals surface area contributed by atoms with Gasteiger partial charge in [-0.15, -0.1) is 5.10 Å². The summed E-state index contributed by atoms with van der Waals surface area (Å²) < 4.78 is 13.9. The lowest BCUT2D eigenvalue weighted by atomic mass is 10.1. The van der Waals surface area contributed by atoms with Crippen LogP contribution in [0.3, 0.4) is 0 Å². The predicted molar refractivity (Wildman–Crippen MR) is 139 cm³/mol. The highest BCUT2D eigenvalue weighted by Crippen LogP contribution is 2.48. The highest BCUT2D eigenvalue weighted by atomic mass is 35.5. The molecule has 2 aromatic heterocycles. The first-order valence-electron chi connectivity index (χ1n) is 12.6. The number of nitrogens with zero attached hydrogens (tertiary/aromatic N) is 5. The Bertz CT molecular complexity index is 1330. The highest BCUT2D eigenvalue weighted by molar-refractivity contribution is 7.99. The van der Waals surface area contributed by atoms with Crippen LogP contribution in [0.25, 0.3) is 11.2 Å². The van der Waals surface area contributed by atoms with Gasteiger partial charge in [0, 0.05) is 22.7 Å². The number of rotatable bonds is 8. The van der Waals surface area contributed by atoms with E-state index in [9.17, 15) is 9.90 Å². The summed E-state index contributed by atoms with van der Waals surface area (Å²) in [6.45, 7) is 5.72. The van der Waals surface area contributed by atoms with Crippen molar-refractivity contribution in [3.8, 4) is 0 Å². The first-order chi connectivity index (χ1) is 17.7. The third kappa shape index (κ3) is 4.67. The van der Waals surface area contributed by atoms with E-state index >= 15 is 0 Å². The Kier molecular flexibility index (Phi) is 6.29. The summed E-state index contributed by atoms with van der Waals surface area (Å²) in [6.07, 6.45) is 1.27. The number of benzene rings is 1. The SMILES string of the molecule is CCCSc1nc(N[C@H]2C[C@H]2c2ccc(Cl)cc2)c2nnn([C@H]3C[C@@H](C(=O)O)[C@@H]4OC(C)(C)O[C@@H]43)c2n1. The topological polar surface area (TPSA) is 124 Å². The minimum atomic E-state index is -0.902. The van der Waals surface area contributed by atoms with Gasteiger partial charge in [-0.05, 0) is 50.8 Å². The van der Waals surface area contributed by atoms with Crippen LogP contribution in [0.15, 0.2) is 29.4 Å². The molecule has 2 saturated carbocycles. The number of ether oxygens (including phenoxy) is 2. The van der Waals surface area contributed by atoms with Gasteiger partial charge in [0.25, 0.3) is 0 Å². The van der Waals surface area contributed by atoms with Gasteiger partial charge < -0.3 is 19.9 Å². The van der Waals surface area contributed by atoms with E-state index in [4.69, 9.17) is 31.0 Å². The molecule has 0 bridgehead atoms. The van der Waals surface area contributed by atoms with Crippen LogP contribution in [0, 0.1) is 5.92 Å². The number of carboxylic acids is 1. The van der Waals surface area contributed by atoms with E-state index in [0.29, 0.717) is 34.5 Å². The maximum absolute atomic E-state index is 12.0. The standard InChI is InChI=1S/C25H29ClN6O4S/c1-4-9-37-24-28-21(27-16-10-14(16)12-5-7-13(26)8-6-12)18-22(29-24)32(31-30-18)17-11-15(23(33)34)19-20(17)36-25(2,3)35-19/h5-8,14-17,19-20H,4,9-11H2,1-3H3,(H,33,34)(H,27,28,29)/t14-,15+,16-,17-,19-,20+/m0/s1. The summed E-state index contributed by atoms with van der Waals surface area (Å²) in [6, 6.07) is 7.79. The number of hydrogen-bond acceptors (Lipinski definition) is 9. The fourth-order valence-corrected chi connectivity index (χ4v) is 6.25. The summed E-state index contributed by atoms with van der Waals surface area (Å²) in [5.41, 5.74) is 2.37. The molecular formula is C25H29ClN6O4S. The third-order valence-corrected chi connectivity index (χ3v) is 8.52. The van der Waals surface area contributed by atoms with E-state index in [0.717, 1.165) is 23.6 Å². The monoisotopic (exact) mass is 544 g/mol. The van der Waals surface area contributed by atoms with Gasteiger partial charge in [0.15, 0.2) is 27.9 Å². The van der Waals surface area contributed by atoms with Crippen LogP contribution in [-0.4, -0.2) is 65.8 Å². The number of fused-ring (bicyclic) bond motifs is 2. The summed E-state index contributed by atoms with van der Waals surface area (Å²) in [4.78, 5) is 21.6. The van der Waals surface area contributed by atoms with Crippen LogP contribution in [-0.2, 0) is 14.3 Å². The molecular weight excluding hydrogens is 516 g/mol. The Hall–Kier alpha value is -2.47. The number of aromatic nitrogens is 5. The van der Waals surface area contributed by atoms with Crippen LogP contribution in [0.2, 0.25) is 5.02 Å². The van der Waals surface area contributed by atoms with Crippen molar-refractivity contribution in [2.75, 3.05) is 11.1 Å². The maximum Gasteiger partial charge on any atom is 0.309 e. The van der Waals surface area contributed by atoms with Crippen LogP contribution < -0.4 is 5.32 Å². The van der Waals surface area contributed by atoms with Crippen molar-refractivity contribution >= 4 is 46.3 Å². The summed E-state index contributed by atoms with van der Waals surface area (Å²) in [7, 11) is 0. The molecule has 0 radical (unpaired) electrons. The molecule has 12 heteroatoms. The average molecular weight is 545 g/mol. The zero-order valence-electron chi connectivity index (χ0n) is 20.8. The smallest absolute Gasteiger partial charge is 0.309 e. The molecule has 2 N–H and O–H groups in total. The minimum absolute atomic E-state index is 0.216. The second-order valence-electron chi connectivity index (χ2n) is 10.4. The van der Waals surface area contributed by atoms with Gasteiger partial charge in [-0.25, -0.2) is 14.6 Å². The van der Waals surface area contributed by atoms with Gasteiger partial charge >= 0.3 is 5.97 Å². The van der Waals surface area contributed by atoms with Gasteiger partial charge in [-0.2, -0.15) is 0 Å². The lowest BCUT2D eigenvalue weighted by Crippen LogP contribution is -2.30. The Morgan fingerprint density at radius 3 is 2.70 bits per heavy atom. The highest BCUT2D eigenvalue weighted by Gasteiger charge is 2.57. The van der Waals surface area contributed by atoms with Gasteiger partial charge in [-0.1, -0.05) is 47.6 Å². The first kappa shape index (κ1) is 24.8. The number of nitrogens with one attached hydrogen (secondary N) is 1. The zero-order chi connectivity index (χ0) is 25.9. The van der Waals surface area contributed by atoms with Crippen molar-refractivity contribution in [2.45, 2.75) is 81.2 Å². The van der Waals surface area contributed by atoms with Crippen molar-refractivity contribution in [1.82, 2.24) is 25.0 Å². The molecule has 37 heavy (non-hydrogen) atoms. The molecule has 10 nitrogen and oxygen atoms in total. The molecule has 2 aliphatic carbocycles. The lowest BCUT2D eigenvalue weighted by molar-refractivity contribution is -0.168. The predicted octanol–water partition coefficient (Wildman–Crippen LogP) is 4.51. The molecule has 0 spiro atoms. The third-order valence-electron chi connectivity index (χ3n) is 7.22. The summed E-state index contributed by atoms with van der Waals surface area (Å²) in [5.74, 6) is -0.585. The lowest BCUT2D eigenvalue weighted by Gasteiger charge is -2.22. The van der Waals surface area contributed by atoms with Crippen molar-refractivity contribution in [2.24, 2.45) is 5.92 Å². The van der Waals surface area contributed by atoms with Crippen molar-refractivity contribution in [1.29, 1.82) is 0 Å². The molecule has 3 aromatic rings. The van der Waals surface area contributed by atoms with Crippen LogP contribution >= 0.6 is 23.4 Å². The molecule has 0 amide bonds. The fraction of sp³-hybridized carbons (Fsp3) is 0.560. The van der Waals surface area contributed by atoms with E-state index < -0.39 is 29.9 Å². The van der Waals surface area contributed by atoms with Gasteiger partial charge in [0.2, 0.25) is 0 Å². The number of halogens is 1. The minimum Gasteiger partial charge on any atom is -0.481 e. The number of carbonyl (C=O) groups is 1. The molecule has 1 saturated heterocycles. The van der Waals surface area contributed by atoms with Crippen LogP contribution in [0.5, 0.6) is 0 Å². The van der Waals surface area contributed by atoms with Gasteiger partial charge in [0.1, 0.15) is 12.2 Å². The van der Waals surface area contributed by atoms with Gasteiger partial charge in [-0.3, -0.25) is 4.79 Å². The maximum atomic E-state index is 12.0. The molecule has 6 rings (SSSR count). The van der Waals surface area contributed by atoms with E-state index in [1.807, 2.05) is 12.1 Å². The van der Waals surface area contributed by atoms with Crippen molar-refractivity contribution < 1.29 is 19.4 Å². The zero-order valence-corrected chi connectivity index (χ0v) is 22.4. The number of thioether (sulfide) groups is 1. The van der Waals surface area contributed by atoms with Crippen molar-refractivity contribution in [3.05, 3.63) is 34.9 Å². The number of carboxylic acid groups (broad SMARTS) is 1. The molecule has 3 heterocycles. The normalized spacial score (nSPS) is 29.9. The molecule has 6 atom stereocenters. The largest absolute Gasteiger partial charge is 0.481 e. The molecule has 0 unspecified atom stereocenters. The molecule has 3 aliphatic rings. The Balaban J connectivity index is 1.33. The van der Waals surface area contributed by atoms with E-state index in [-0.39, 0.29) is 12.1 Å². The van der Waals surface area contributed by atoms with Crippen LogP contribution in [0.4, 0.5) is 5.82 Å². The van der Waals surface area contributed by atoms with Crippen molar-refractivity contribution in [3.63, 3.8) is 0 Å². The Morgan fingerprint density at radius 2 is 1.97 bits per heavy atom. The Labute approximate surface area is 223 Å². The average Bonchev–Trinajstić information content (AvgIpc) is 3.17. The van der Waals surface area contributed by atoms with Crippen LogP contribution in [0.1, 0.15) is 57.6 Å². The number of anilines is 1. The van der Waals surface area contributed by atoms with E-state index in [1.54, 1.807) is 30.3 Å². The molecule has 1 aliphatic heterocycles. The number of aliphatic carboxylic acids is 1. The Morgan fingerprint density at radius 1 is 1.22 bits per heavy atom. The summed E-state index contributed by atoms with van der Waals surface area (Å²) >= 11 is 7.64.